The minimum absolute atomic E-state index is 0.00508. The molecule has 2 unspecified atom stereocenters. The maximum Gasteiger partial charge on any atom is 0.133 e. The Balaban J connectivity index is 1.69. The van der Waals surface area contributed by atoms with Crippen molar-refractivity contribution in [1.29, 1.82) is 0 Å². The summed E-state index contributed by atoms with van der Waals surface area (Å²) in [5.41, 5.74) is -0.209. The number of rotatable bonds is 0. The summed E-state index contributed by atoms with van der Waals surface area (Å²) >= 11 is 0. The number of ketones is 1. The predicted molar refractivity (Wildman–Crippen MR) is 83.0 cm³/mol. The van der Waals surface area contributed by atoms with Crippen molar-refractivity contribution >= 4 is 5.78 Å². The Labute approximate surface area is 132 Å². The second-order valence-electron chi connectivity index (χ2n) is 9.14. The number of carbonyl (C=O) groups excluding carboxylic acids is 1. The van der Waals surface area contributed by atoms with Crippen LogP contribution in [0.15, 0.2) is 0 Å². The number of carbonyl (C=O) groups is 1. The molecule has 0 aromatic carbocycles. The number of halogens is 1. The van der Waals surface area contributed by atoms with Gasteiger partial charge in [0.15, 0.2) is 0 Å². The number of hydrogen-bond donors (Lipinski definition) is 1. The van der Waals surface area contributed by atoms with Gasteiger partial charge in [-0.15, -0.1) is 0 Å². The zero-order valence-electron chi connectivity index (χ0n) is 13.9. The molecule has 0 aromatic heterocycles. The summed E-state index contributed by atoms with van der Waals surface area (Å²) in [4.78, 5) is 11.9. The van der Waals surface area contributed by atoms with Gasteiger partial charge in [0.2, 0.25) is 0 Å². The fourth-order valence-electron chi connectivity index (χ4n) is 7.07. The summed E-state index contributed by atoms with van der Waals surface area (Å²) < 4.78 is 15.3. The molecule has 4 saturated carbocycles. The van der Waals surface area contributed by atoms with Crippen molar-refractivity contribution in [2.45, 2.75) is 77.5 Å². The Hall–Kier alpha value is -0.440. The third-order valence-corrected chi connectivity index (χ3v) is 8.32. The van der Waals surface area contributed by atoms with Gasteiger partial charge < -0.3 is 5.11 Å². The quantitative estimate of drug-likeness (QED) is 0.737. The summed E-state index contributed by atoms with van der Waals surface area (Å²) in [6.45, 7) is 4.39. The zero-order chi connectivity index (χ0) is 15.7. The molecule has 0 amide bonds. The lowest BCUT2D eigenvalue weighted by Crippen LogP contribution is -2.58. The first kappa shape index (κ1) is 15.1. The highest BCUT2D eigenvalue weighted by Gasteiger charge is 2.63. The van der Waals surface area contributed by atoms with E-state index in [1.54, 1.807) is 0 Å². The molecule has 1 N–H and O–H groups in total. The van der Waals surface area contributed by atoms with Gasteiger partial charge in [-0.2, -0.15) is 0 Å². The molecule has 2 nitrogen and oxygen atoms in total. The number of aliphatic hydroxyl groups is 1. The highest BCUT2D eigenvalue weighted by atomic mass is 19.1. The Kier molecular flexibility index (Phi) is 3.28. The molecule has 8 atom stereocenters. The largest absolute Gasteiger partial charge is 0.393 e. The van der Waals surface area contributed by atoms with Crippen LogP contribution in [0.3, 0.4) is 0 Å². The van der Waals surface area contributed by atoms with Crippen LogP contribution in [0.4, 0.5) is 4.39 Å². The van der Waals surface area contributed by atoms with Crippen LogP contribution in [0.25, 0.3) is 0 Å². The molecule has 0 radical (unpaired) electrons. The fraction of sp³-hybridized carbons (Fsp3) is 0.947. The van der Waals surface area contributed by atoms with Gasteiger partial charge in [0.1, 0.15) is 12.0 Å². The summed E-state index contributed by atoms with van der Waals surface area (Å²) in [5.74, 6) is 1.79. The van der Waals surface area contributed by atoms with Gasteiger partial charge >= 0.3 is 0 Å². The van der Waals surface area contributed by atoms with Crippen molar-refractivity contribution in [1.82, 2.24) is 0 Å². The van der Waals surface area contributed by atoms with Gasteiger partial charge in [-0.1, -0.05) is 13.8 Å². The van der Waals surface area contributed by atoms with Crippen LogP contribution >= 0.6 is 0 Å². The van der Waals surface area contributed by atoms with E-state index < -0.39 is 6.17 Å². The van der Waals surface area contributed by atoms with Gasteiger partial charge in [0.05, 0.1) is 6.10 Å². The fourth-order valence-corrected chi connectivity index (χ4v) is 7.07. The monoisotopic (exact) mass is 308 g/mol. The molecule has 4 aliphatic carbocycles. The lowest BCUT2D eigenvalue weighted by atomic mass is 9.44. The zero-order valence-corrected chi connectivity index (χ0v) is 13.9. The molecule has 0 heterocycles. The highest BCUT2D eigenvalue weighted by Crippen LogP contribution is 2.66. The van der Waals surface area contributed by atoms with Crippen LogP contribution in [0, 0.1) is 34.5 Å². The van der Waals surface area contributed by atoms with E-state index in [9.17, 15) is 9.90 Å². The summed E-state index contributed by atoms with van der Waals surface area (Å²) in [6.07, 6.45) is 5.64. The minimum Gasteiger partial charge on any atom is -0.393 e. The molecule has 22 heavy (non-hydrogen) atoms. The van der Waals surface area contributed by atoms with Crippen molar-refractivity contribution in [3.8, 4) is 0 Å². The molecule has 0 saturated heterocycles. The molecule has 0 aliphatic heterocycles. The molecule has 4 aliphatic rings. The molecule has 0 aromatic rings. The SMILES string of the molecule is C[C@]12CC(F)[C@H]3[C@@H](CCC4CC(=O)CC[C@@]43C)[C@@H]1CC[C@@H]2O. The van der Waals surface area contributed by atoms with E-state index in [0.717, 1.165) is 32.1 Å². The second-order valence-corrected chi connectivity index (χ2v) is 9.14. The maximum atomic E-state index is 15.3. The number of alkyl halides is 1. The highest BCUT2D eigenvalue weighted by molar-refractivity contribution is 5.79. The van der Waals surface area contributed by atoms with Crippen molar-refractivity contribution in [3.63, 3.8) is 0 Å². The summed E-state index contributed by atoms with van der Waals surface area (Å²) in [6, 6.07) is 0. The van der Waals surface area contributed by atoms with E-state index in [0.29, 0.717) is 42.8 Å². The summed E-state index contributed by atoms with van der Waals surface area (Å²) in [5, 5.41) is 10.4. The van der Waals surface area contributed by atoms with Gasteiger partial charge in [-0.25, -0.2) is 4.39 Å². The van der Waals surface area contributed by atoms with Gasteiger partial charge in [-0.3, -0.25) is 4.79 Å². The van der Waals surface area contributed by atoms with Crippen molar-refractivity contribution < 1.29 is 14.3 Å². The normalized spacial score (nSPS) is 57.9. The van der Waals surface area contributed by atoms with E-state index in [-0.39, 0.29) is 22.9 Å². The third kappa shape index (κ3) is 1.84. The summed E-state index contributed by atoms with van der Waals surface area (Å²) in [7, 11) is 0. The molecule has 124 valence electrons. The van der Waals surface area contributed by atoms with Gasteiger partial charge in [0, 0.05) is 12.8 Å². The van der Waals surface area contributed by atoms with Crippen LogP contribution < -0.4 is 0 Å². The molecule has 0 bridgehead atoms. The number of Topliss-reactive ketones (excluding diaryl/α,β-unsaturated/α-hetero) is 1. The van der Waals surface area contributed by atoms with E-state index in [2.05, 4.69) is 13.8 Å². The van der Waals surface area contributed by atoms with Crippen LogP contribution in [-0.2, 0) is 4.79 Å². The average Bonchev–Trinajstić information content (AvgIpc) is 2.75. The Morgan fingerprint density at radius 3 is 2.68 bits per heavy atom. The Bertz CT molecular complexity index is 492. The van der Waals surface area contributed by atoms with Crippen molar-refractivity contribution in [2.24, 2.45) is 34.5 Å². The lowest BCUT2D eigenvalue weighted by Gasteiger charge is -2.60. The van der Waals surface area contributed by atoms with E-state index >= 15 is 4.39 Å². The first-order valence-corrected chi connectivity index (χ1v) is 9.20. The van der Waals surface area contributed by atoms with Crippen LogP contribution in [0.1, 0.15) is 65.2 Å². The van der Waals surface area contributed by atoms with Gasteiger partial charge in [-0.05, 0) is 73.0 Å². The van der Waals surface area contributed by atoms with Gasteiger partial charge in [0.25, 0.3) is 0 Å². The second kappa shape index (κ2) is 4.78. The maximum absolute atomic E-state index is 15.3. The molecule has 4 fully saturated rings. The van der Waals surface area contributed by atoms with E-state index in [1.165, 1.54) is 0 Å². The van der Waals surface area contributed by atoms with Crippen LogP contribution in [-0.4, -0.2) is 23.2 Å². The minimum atomic E-state index is -0.806. The number of hydrogen-bond acceptors (Lipinski definition) is 2. The topological polar surface area (TPSA) is 37.3 Å². The molecular weight excluding hydrogens is 279 g/mol. The van der Waals surface area contributed by atoms with E-state index in [4.69, 9.17) is 0 Å². The number of fused-ring (bicyclic) bond motifs is 5. The first-order valence-electron chi connectivity index (χ1n) is 9.20. The Morgan fingerprint density at radius 2 is 1.91 bits per heavy atom. The van der Waals surface area contributed by atoms with E-state index in [1.807, 2.05) is 0 Å². The standard InChI is InChI=1S/C19H29FO2/c1-18-8-7-12(21)9-11(18)3-4-13-14-5-6-16(22)19(14,2)10-15(20)17(13)18/h11,13-17,22H,3-10H2,1-2H3/t11?,13-,14-,15?,16-,17+,18-,19-/m0/s1. The predicted octanol–water partition coefficient (Wildman–Crippen LogP) is 3.91. The van der Waals surface area contributed by atoms with Crippen molar-refractivity contribution in [3.05, 3.63) is 0 Å². The lowest BCUT2D eigenvalue weighted by molar-refractivity contribution is -0.161. The number of aliphatic hydroxyl groups excluding tert-OH is 1. The van der Waals surface area contributed by atoms with Crippen LogP contribution in [0.2, 0.25) is 0 Å². The molecular formula is C19H29FO2. The Morgan fingerprint density at radius 1 is 1.14 bits per heavy atom. The third-order valence-electron chi connectivity index (χ3n) is 8.32. The van der Waals surface area contributed by atoms with Crippen molar-refractivity contribution in [2.75, 3.05) is 0 Å². The molecule has 0 spiro atoms. The first-order chi connectivity index (χ1) is 10.4. The molecule has 4 rings (SSSR count). The molecule has 3 heteroatoms. The average molecular weight is 308 g/mol. The van der Waals surface area contributed by atoms with Crippen LogP contribution in [0.5, 0.6) is 0 Å². The smallest absolute Gasteiger partial charge is 0.133 e.